The zero-order chi connectivity index (χ0) is 23.7. The van der Waals surface area contributed by atoms with Gasteiger partial charge in [-0.2, -0.15) is 4.98 Å². The number of hydrogen-bond acceptors (Lipinski definition) is 8. The molecule has 1 saturated heterocycles. The van der Waals surface area contributed by atoms with E-state index in [9.17, 15) is 9.59 Å². The molecule has 1 saturated carbocycles. The molecule has 186 valence electrons. The molecule has 0 aromatic carbocycles. The number of hydrogen-bond donors (Lipinski definition) is 2. The van der Waals surface area contributed by atoms with Crippen LogP contribution in [0.25, 0.3) is 11.0 Å². The fourth-order valence-electron chi connectivity index (χ4n) is 5.17. The van der Waals surface area contributed by atoms with Gasteiger partial charge in [0.15, 0.2) is 5.78 Å². The summed E-state index contributed by atoms with van der Waals surface area (Å²) >= 11 is 0. The molecule has 2 N–H and O–H groups in total. The third-order valence-corrected chi connectivity index (χ3v) is 6.94. The lowest BCUT2D eigenvalue weighted by Gasteiger charge is -2.22. The molecule has 0 spiro atoms. The molecule has 2 fully saturated rings. The van der Waals surface area contributed by atoms with E-state index in [2.05, 4.69) is 31.6 Å². The van der Waals surface area contributed by atoms with Gasteiger partial charge in [-0.1, -0.05) is 12.8 Å². The highest BCUT2D eigenvalue weighted by molar-refractivity contribution is 5.99. The Morgan fingerprint density at radius 2 is 1.89 bits per heavy atom. The van der Waals surface area contributed by atoms with Crippen LogP contribution in [-0.2, 0) is 0 Å². The highest BCUT2D eigenvalue weighted by Crippen LogP contribution is 2.32. The monoisotopic (exact) mass is 497 g/mol. The van der Waals surface area contributed by atoms with Crippen LogP contribution in [0.5, 0.6) is 0 Å². The SMILES string of the molecule is CC(=O)c1c(C)c2cnc(Nc3ccc(N4CCCNCC4)cn3)nc2n(C2CCCC2)c1=O.Cl. The number of carbonyl (C=O) groups is 1. The van der Waals surface area contributed by atoms with E-state index < -0.39 is 0 Å². The average molecular weight is 498 g/mol. The molecule has 9 nitrogen and oxygen atoms in total. The minimum absolute atomic E-state index is 0. The molecule has 2 aliphatic rings. The van der Waals surface area contributed by atoms with Crippen molar-refractivity contribution in [1.82, 2.24) is 24.8 Å². The Labute approximate surface area is 210 Å². The van der Waals surface area contributed by atoms with Gasteiger partial charge in [0.2, 0.25) is 5.95 Å². The third kappa shape index (κ3) is 5.01. The second kappa shape index (κ2) is 10.7. The van der Waals surface area contributed by atoms with Gasteiger partial charge in [-0.25, -0.2) is 9.97 Å². The van der Waals surface area contributed by atoms with Gasteiger partial charge in [0.05, 0.1) is 17.4 Å². The molecule has 0 atom stereocenters. The predicted molar refractivity (Wildman–Crippen MR) is 141 cm³/mol. The number of nitrogens with zero attached hydrogens (tertiary/aromatic N) is 5. The van der Waals surface area contributed by atoms with Gasteiger partial charge < -0.3 is 15.5 Å². The number of ketones is 1. The number of aromatic nitrogens is 4. The van der Waals surface area contributed by atoms with Crippen molar-refractivity contribution in [3.05, 3.63) is 46.0 Å². The fraction of sp³-hybridized carbons (Fsp3) is 0.480. The highest BCUT2D eigenvalue weighted by Gasteiger charge is 2.25. The summed E-state index contributed by atoms with van der Waals surface area (Å²) in [7, 11) is 0. The second-order valence-electron chi connectivity index (χ2n) is 9.22. The number of Topliss-reactive ketones (excluding diaryl/α,β-unsaturated/α-hetero) is 1. The number of fused-ring (bicyclic) bond motifs is 1. The number of carbonyl (C=O) groups excluding carboxylic acids is 1. The van der Waals surface area contributed by atoms with Crippen molar-refractivity contribution >= 4 is 46.7 Å². The lowest BCUT2D eigenvalue weighted by Crippen LogP contribution is -2.30. The van der Waals surface area contributed by atoms with E-state index in [1.54, 1.807) is 17.7 Å². The Balaban J connectivity index is 0.00000289. The summed E-state index contributed by atoms with van der Waals surface area (Å²) in [5.41, 5.74) is 2.30. The van der Waals surface area contributed by atoms with Gasteiger partial charge >= 0.3 is 0 Å². The molecular formula is C25H32ClN7O2. The molecule has 0 bridgehead atoms. The fourth-order valence-corrected chi connectivity index (χ4v) is 5.17. The first kappa shape index (κ1) is 25.1. The van der Waals surface area contributed by atoms with Gasteiger partial charge in [-0.3, -0.25) is 14.2 Å². The molecule has 0 unspecified atom stereocenters. The molecule has 4 heterocycles. The van der Waals surface area contributed by atoms with Crippen molar-refractivity contribution in [2.75, 3.05) is 36.4 Å². The summed E-state index contributed by atoms with van der Waals surface area (Å²) in [5, 5.41) is 7.34. The van der Waals surface area contributed by atoms with Crippen LogP contribution in [0, 0.1) is 6.92 Å². The maximum atomic E-state index is 13.4. The number of aryl methyl sites for hydroxylation is 1. The minimum Gasteiger partial charge on any atom is -0.369 e. The molecule has 1 aliphatic heterocycles. The lowest BCUT2D eigenvalue weighted by molar-refractivity contribution is 0.101. The van der Waals surface area contributed by atoms with Crippen LogP contribution in [0.15, 0.2) is 29.3 Å². The summed E-state index contributed by atoms with van der Waals surface area (Å²) in [6.45, 7) is 7.23. The number of anilines is 3. The number of pyridine rings is 2. The van der Waals surface area contributed by atoms with Crippen LogP contribution >= 0.6 is 12.4 Å². The number of nitrogens with one attached hydrogen (secondary N) is 2. The zero-order valence-electron chi connectivity index (χ0n) is 20.2. The van der Waals surface area contributed by atoms with Crippen LogP contribution in [0.2, 0.25) is 0 Å². The normalized spacial score (nSPS) is 16.7. The largest absolute Gasteiger partial charge is 0.369 e. The van der Waals surface area contributed by atoms with E-state index in [1.165, 1.54) is 6.92 Å². The van der Waals surface area contributed by atoms with Gasteiger partial charge in [0, 0.05) is 37.3 Å². The van der Waals surface area contributed by atoms with Gasteiger partial charge in [-0.15, -0.1) is 12.4 Å². The zero-order valence-corrected chi connectivity index (χ0v) is 21.0. The first-order chi connectivity index (χ1) is 16.5. The molecule has 10 heteroatoms. The van der Waals surface area contributed by atoms with Crippen LogP contribution < -0.4 is 21.1 Å². The molecule has 5 rings (SSSR count). The molecule has 35 heavy (non-hydrogen) atoms. The molecular weight excluding hydrogens is 466 g/mol. The minimum atomic E-state index is -0.247. The summed E-state index contributed by atoms with van der Waals surface area (Å²) in [6.07, 6.45) is 8.65. The average Bonchev–Trinajstić information content (AvgIpc) is 3.20. The number of halogens is 1. The van der Waals surface area contributed by atoms with Crippen molar-refractivity contribution < 1.29 is 4.79 Å². The van der Waals surface area contributed by atoms with E-state index in [0.717, 1.165) is 69.4 Å². The first-order valence-electron chi connectivity index (χ1n) is 12.1. The maximum Gasteiger partial charge on any atom is 0.263 e. The van der Waals surface area contributed by atoms with Crippen molar-refractivity contribution in [3.8, 4) is 0 Å². The Kier molecular flexibility index (Phi) is 7.66. The molecule has 0 amide bonds. The van der Waals surface area contributed by atoms with Crippen molar-refractivity contribution in [1.29, 1.82) is 0 Å². The van der Waals surface area contributed by atoms with E-state index >= 15 is 0 Å². The van der Waals surface area contributed by atoms with Gasteiger partial charge in [0.1, 0.15) is 11.5 Å². The summed E-state index contributed by atoms with van der Waals surface area (Å²) in [5.74, 6) is 0.804. The standard InChI is InChI=1S/C25H31N7O2.ClH/c1-16-20-15-28-25(29-21-9-8-19(14-27-21)31-12-5-10-26-11-13-31)30-23(20)32(18-6-3-4-7-18)24(34)22(16)17(2)33;/h8-9,14-15,18,26H,3-7,10-13H2,1-2H3,(H,27,28,29,30);1H. The van der Waals surface area contributed by atoms with E-state index in [-0.39, 0.29) is 35.4 Å². The lowest BCUT2D eigenvalue weighted by atomic mass is 10.0. The second-order valence-corrected chi connectivity index (χ2v) is 9.22. The smallest absolute Gasteiger partial charge is 0.263 e. The topological polar surface area (TPSA) is 105 Å². The van der Waals surface area contributed by atoms with Crippen molar-refractivity contribution in [3.63, 3.8) is 0 Å². The predicted octanol–water partition coefficient (Wildman–Crippen LogP) is 3.78. The van der Waals surface area contributed by atoms with E-state index in [4.69, 9.17) is 4.98 Å². The summed E-state index contributed by atoms with van der Waals surface area (Å²) < 4.78 is 1.73. The van der Waals surface area contributed by atoms with Crippen LogP contribution in [0.3, 0.4) is 0 Å². The van der Waals surface area contributed by atoms with E-state index in [1.807, 2.05) is 12.3 Å². The molecule has 1 aliphatic carbocycles. The molecule has 0 radical (unpaired) electrons. The summed E-state index contributed by atoms with van der Waals surface area (Å²) in [4.78, 5) is 41.7. The van der Waals surface area contributed by atoms with Crippen molar-refractivity contribution in [2.45, 2.75) is 52.0 Å². The van der Waals surface area contributed by atoms with Crippen LogP contribution in [-0.4, -0.2) is 51.5 Å². The Morgan fingerprint density at radius 1 is 1.09 bits per heavy atom. The van der Waals surface area contributed by atoms with Crippen molar-refractivity contribution in [2.24, 2.45) is 0 Å². The van der Waals surface area contributed by atoms with E-state index in [0.29, 0.717) is 23.0 Å². The summed E-state index contributed by atoms with van der Waals surface area (Å²) in [6, 6.07) is 4.03. The first-order valence-corrected chi connectivity index (χ1v) is 12.1. The Hall–Kier alpha value is -3.04. The Bertz CT molecular complexity index is 1260. The van der Waals surface area contributed by atoms with Gasteiger partial charge in [-0.05, 0) is 57.4 Å². The molecule has 3 aromatic heterocycles. The quantitative estimate of drug-likeness (QED) is 0.513. The maximum absolute atomic E-state index is 13.4. The number of rotatable bonds is 5. The van der Waals surface area contributed by atoms with Crippen LogP contribution in [0.1, 0.15) is 61.0 Å². The Morgan fingerprint density at radius 3 is 2.60 bits per heavy atom. The highest BCUT2D eigenvalue weighted by atomic mass is 35.5. The van der Waals surface area contributed by atoms with Gasteiger partial charge in [0.25, 0.3) is 5.56 Å². The van der Waals surface area contributed by atoms with Crippen LogP contribution in [0.4, 0.5) is 17.5 Å². The molecule has 3 aromatic rings. The third-order valence-electron chi connectivity index (χ3n) is 6.94.